The molecular formula is C14H23N3O3S. The van der Waals surface area contributed by atoms with Crippen molar-refractivity contribution in [2.24, 2.45) is 13.0 Å². The number of likely N-dealkylation sites (tertiary alicyclic amines) is 1. The Hall–Kier alpha value is -0.920. The Morgan fingerprint density at radius 2 is 2.19 bits per heavy atom. The van der Waals surface area contributed by atoms with Crippen LogP contribution in [0.2, 0.25) is 0 Å². The first-order chi connectivity index (χ1) is 9.88. The zero-order valence-corrected chi connectivity index (χ0v) is 13.7. The molecule has 118 valence electrons. The number of methoxy groups -OCH3 is 1. The molecule has 0 radical (unpaired) electrons. The molecule has 3 heterocycles. The summed E-state index contributed by atoms with van der Waals surface area (Å²) in [4.78, 5) is 2.20. The molecule has 0 bridgehead atoms. The van der Waals surface area contributed by atoms with Crippen LogP contribution in [0.3, 0.4) is 0 Å². The molecule has 1 atom stereocenters. The highest BCUT2D eigenvalue weighted by Crippen LogP contribution is 2.45. The number of aryl methyl sites for hydroxylation is 2. The topological polar surface area (TPSA) is 64.4 Å². The van der Waals surface area contributed by atoms with Crippen LogP contribution in [-0.4, -0.2) is 60.4 Å². The van der Waals surface area contributed by atoms with Crippen molar-refractivity contribution >= 4 is 9.84 Å². The monoisotopic (exact) mass is 313 g/mol. The number of rotatable bonds is 4. The van der Waals surface area contributed by atoms with Crippen LogP contribution < -0.4 is 0 Å². The molecule has 0 saturated carbocycles. The van der Waals surface area contributed by atoms with E-state index in [-0.39, 0.29) is 5.92 Å². The molecule has 2 saturated heterocycles. The summed E-state index contributed by atoms with van der Waals surface area (Å²) in [5.41, 5.74) is 2.12. The zero-order chi connectivity index (χ0) is 15.3. The van der Waals surface area contributed by atoms with Crippen LogP contribution in [0, 0.1) is 12.8 Å². The summed E-state index contributed by atoms with van der Waals surface area (Å²) in [6.07, 6.45) is 0.731. The van der Waals surface area contributed by atoms with Gasteiger partial charge in [0.05, 0.1) is 23.7 Å². The first-order valence-corrected chi connectivity index (χ1v) is 8.96. The maximum Gasteiger partial charge on any atom is 0.158 e. The number of sulfone groups is 1. The summed E-state index contributed by atoms with van der Waals surface area (Å²) in [7, 11) is 0.579. The highest BCUT2D eigenvalue weighted by Gasteiger charge is 2.61. The minimum atomic E-state index is -3.00. The van der Waals surface area contributed by atoms with Crippen LogP contribution in [0.1, 0.15) is 17.8 Å². The lowest BCUT2D eigenvalue weighted by molar-refractivity contribution is 0.0398. The van der Waals surface area contributed by atoms with E-state index in [0.717, 1.165) is 24.4 Å². The van der Waals surface area contributed by atoms with Crippen LogP contribution >= 0.6 is 0 Å². The predicted octanol–water partition coefficient (Wildman–Crippen LogP) is 0.364. The molecule has 2 fully saturated rings. The van der Waals surface area contributed by atoms with E-state index < -0.39 is 14.6 Å². The van der Waals surface area contributed by atoms with Crippen LogP contribution in [-0.2, 0) is 28.2 Å². The van der Waals surface area contributed by atoms with Crippen LogP contribution in [0.25, 0.3) is 0 Å². The van der Waals surface area contributed by atoms with E-state index in [1.165, 1.54) is 0 Å². The molecule has 21 heavy (non-hydrogen) atoms. The summed E-state index contributed by atoms with van der Waals surface area (Å²) >= 11 is 0. The number of hydrogen-bond donors (Lipinski definition) is 0. The Kier molecular flexibility index (Phi) is 3.62. The van der Waals surface area contributed by atoms with E-state index in [4.69, 9.17) is 4.74 Å². The highest BCUT2D eigenvalue weighted by molar-refractivity contribution is 7.93. The van der Waals surface area contributed by atoms with Gasteiger partial charge in [0.1, 0.15) is 4.75 Å². The Morgan fingerprint density at radius 3 is 2.76 bits per heavy atom. The van der Waals surface area contributed by atoms with Gasteiger partial charge in [-0.25, -0.2) is 8.42 Å². The molecule has 2 aliphatic rings. The molecule has 0 aromatic carbocycles. The third kappa shape index (κ3) is 2.31. The lowest BCUT2D eigenvalue weighted by atomic mass is 9.83. The van der Waals surface area contributed by atoms with E-state index in [2.05, 4.69) is 16.1 Å². The van der Waals surface area contributed by atoms with Gasteiger partial charge in [0.2, 0.25) is 0 Å². The number of nitrogens with zero attached hydrogens (tertiary/aromatic N) is 3. The van der Waals surface area contributed by atoms with Gasteiger partial charge in [-0.3, -0.25) is 9.58 Å². The fourth-order valence-corrected chi connectivity index (χ4v) is 6.23. The second kappa shape index (κ2) is 5.07. The summed E-state index contributed by atoms with van der Waals surface area (Å²) < 4.78 is 31.4. The van der Waals surface area contributed by atoms with E-state index in [1.807, 2.05) is 18.7 Å². The first kappa shape index (κ1) is 15.0. The molecule has 1 unspecified atom stereocenters. The molecule has 1 spiro atoms. The standard InChI is InChI=1S/C14H23N3O3S/c1-11-6-13(16(2)15-11)7-17-9-14(10-17)12(8-20-3)4-5-21(14,18)19/h6,12H,4-5,7-10H2,1-3H3. The maximum absolute atomic E-state index is 12.4. The quantitative estimate of drug-likeness (QED) is 0.803. The predicted molar refractivity (Wildman–Crippen MR) is 79.7 cm³/mol. The number of hydrogen-bond acceptors (Lipinski definition) is 5. The maximum atomic E-state index is 12.4. The van der Waals surface area contributed by atoms with Gasteiger partial charge in [-0.1, -0.05) is 0 Å². The third-order valence-corrected chi connectivity index (χ3v) is 7.54. The average molecular weight is 313 g/mol. The van der Waals surface area contributed by atoms with Crippen LogP contribution in [0.5, 0.6) is 0 Å². The fourth-order valence-electron chi connectivity index (χ4n) is 3.77. The van der Waals surface area contributed by atoms with Crippen molar-refractivity contribution in [3.05, 3.63) is 17.5 Å². The molecule has 1 aromatic heterocycles. The second-order valence-electron chi connectivity index (χ2n) is 6.37. The molecule has 0 aliphatic carbocycles. The summed E-state index contributed by atoms with van der Waals surface area (Å²) in [5, 5.41) is 4.34. The molecule has 6 nitrogen and oxygen atoms in total. The second-order valence-corrected chi connectivity index (χ2v) is 8.82. The summed E-state index contributed by atoms with van der Waals surface area (Å²) in [6.45, 7) is 4.50. The van der Waals surface area contributed by atoms with Crippen molar-refractivity contribution in [1.82, 2.24) is 14.7 Å². The summed E-state index contributed by atoms with van der Waals surface area (Å²) in [5.74, 6) is 0.441. The Balaban J connectivity index is 1.72. The Bertz CT molecular complexity index is 632. The van der Waals surface area contributed by atoms with Crippen molar-refractivity contribution < 1.29 is 13.2 Å². The van der Waals surface area contributed by atoms with Crippen LogP contribution in [0.4, 0.5) is 0 Å². The van der Waals surface area contributed by atoms with Crippen molar-refractivity contribution in [2.45, 2.75) is 24.6 Å². The van der Waals surface area contributed by atoms with Gasteiger partial charge in [0.25, 0.3) is 0 Å². The average Bonchev–Trinajstić information content (AvgIpc) is 2.79. The molecule has 1 aromatic rings. The lowest BCUT2D eigenvalue weighted by Crippen LogP contribution is -2.67. The van der Waals surface area contributed by atoms with E-state index in [1.54, 1.807) is 7.11 Å². The molecule has 2 aliphatic heterocycles. The molecular weight excluding hydrogens is 290 g/mol. The van der Waals surface area contributed by atoms with Gasteiger partial charge in [-0.05, 0) is 19.4 Å². The van der Waals surface area contributed by atoms with Gasteiger partial charge >= 0.3 is 0 Å². The Morgan fingerprint density at radius 1 is 1.48 bits per heavy atom. The van der Waals surface area contributed by atoms with Gasteiger partial charge in [-0.15, -0.1) is 0 Å². The van der Waals surface area contributed by atoms with Crippen molar-refractivity contribution in [1.29, 1.82) is 0 Å². The number of ether oxygens (including phenoxy) is 1. The molecule has 3 rings (SSSR count). The van der Waals surface area contributed by atoms with Crippen LogP contribution in [0.15, 0.2) is 6.07 Å². The molecule has 7 heteroatoms. The van der Waals surface area contributed by atoms with Gasteiger partial charge < -0.3 is 4.74 Å². The smallest absolute Gasteiger partial charge is 0.158 e. The zero-order valence-electron chi connectivity index (χ0n) is 12.9. The molecule has 0 amide bonds. The number of aromatic nitrogens is 2. The van der Waals surface area contributed by atoms with Gasteiger partial charge in [0.15, 0.2) is 9.84 Å². The van der Waals surface area contributed by atoms with Gasteiger partial charge in [0, 0.05) is 39.7 Å². The van der Waals surface area contributed by atoms with E-state index in [9.17, 15) is 8.42 Å². The molecule has 0 N–H and O–H groups in total. The largest absolute Gasteiger partial charge is 0.384 e. The minimum absolute atomic E-state index is 0.136. The Labute approximate surface area is 126 Å². The van der Waals surface area contributed by atoms with Crippen molar-refractivity contribution in [2.75, 3.05) is 32.6 Å². The van der Waals surface area contributed by atoms with Crippen molar-refractivity contribution in [3.63, 3.8) is 0 Å². The fraction of sp³-hybridized carbons (Fsp3) is 0.786. The first-order valence-electron chi connectivity index (χ1n) is 7.31. The summed E-state index contributed by atoms with van der Waals surface area (Å²) in [6, 6.07) is 2.06. The SMILES string of the molecule is COCC1CCS(=O)(=O)C12CN(Cc1cc(C)nn1C)C2. The van der Waals surface area contributed by atoms with E-state index >= 15 is 0 Å². The van der Waals surface area contributed by atoms with Crippen molar-refractivity contribution in [3.8, 4) is 0 Å². The lowest BCUT2D eigenvalue weighted by Gasteiger charge is -2.49. The highest BCUT2D eigenvalue weighted by atomic mass is 32.2. The van der Waals surface area contributed by atoms with Gasteiger partial charge in [-0.2, -0.15) is 5.10 Å². The normalized spacial score (nSPS) is 27.1. The third-order valence-electron chi connectivity index (χ3n) is 4.93. The minimum Gasteiger partial charge on any atom is -0.384 e. The van der Waals surface area contributed by atoms with E-state index in [0.29, 0.717) is 25.4 Å².